The van der Waals surface area contributed by atoms with Gasteiger partial charge in [-0.15, -0.1) is 9.24 Å². The zero-order valence-electron chi connectivity index (χ0n) is 16.0. The number of nitrogens with one attached hydrogen (secondary N) is 1. The average molecular weight is 361 g/mol. The second kappa shape index (κ2) is 8.14. The predicted octanol–water partition coefficient (Wildman–Crippen LogP) is 6.87. The first-order chi connectivity index (χ1) is 12.5. The van der Waals surface area contributed by atoms with Crippen LogP contribution < -0.4 is 0 Å². The number of rotatable bonds is 3. The topological polar surface area (TPSA) is 23.9 Å². The van der Waals surface area contributed by atoms with Crippen LogP contribution in [0, 0.1) is 11.3 Å². The van der Waals surface area contributed by atoms with Gasteiger partial charge < -0.3 is 5.41 Å². The Morgan fingerprint density at radius 3 is 2.38 bits per heavy atom. The minimum Gasteiger partial charge on any atom is -0.305 e. The van der Waals surface area contributed by atoms with Gasteiger partial charge in [0, 0.05) is 11.3 Å². The normalized spacial score (nSPS) is 21.2. The van der Waals surface area contributed by atoms with Crippen LogP contribution in [0.2, 0.25) is 0 Å². The van der Waals surface area contributed by atoms with E-state index in [1.54, 1.807) is 0 Å². The third kappa shape index (κ3) is 4.22. The van der Waals surface area contributed by atoms with Crippen molar-refractivity contribution >= 4 is 20.5 Å². The Morgan fingerprint density at radius 2 is 1.73 bits per heavy atom. The quantitative estimate of drug-likeness (QED) is 0.448. The zero-order chi connectivity index (χ0) is 18.7. The van der Waals surface area contributed by atoms with Crippen LogP contribution >= 0.6 is 9.24 Å². The molecule has 26 heavy (non-hydrogen) atoms. The molecule has 1 N–H and O–H groups in total. The second-order valence-electron chi connectivity index (χ2n) is 7.38. The first kappa shape index (κ1) is 18.8. The van der Waals surface area contributed by atoms with Crippen molar-refractivity contribution in [3.05, 3.63) is 87.8 Å². The van der Waals surface area contributed by atoms with Crippen LogP contribution in [0.5, 0.6) is 0 Å². The van der Waals surface area contributed by atoms with Crippen molar-refractivity contribution in [1.29, 1.82) is 5.41 Å². The van der Waals surface area contributed by atoms with Crippen LogP contribution in [-0.2, 0) is 0 Å². The average Bonchev–Trinajstić information content (AvgIpc) is 2.59. The first-order valence-electron chi connectivity index (χ1n) is 9.37. The lowest BCUT2D eigenvalue weighted by Gasteiger charge is -2.23. The smallest absolute Gasteiger partial charge is 0.0364 e. The van der Waals surface area contributed by atoms with Crippen LogP contribution in [0.15, 0.2) is 82.2 Å². The summed E-state index contributed by atoms with van der Waals surface area (Å²) in [5, 5.41) is 9.37. The summed E-state index contributed by atoms with van der Waals surface area (Å²) in [4.78, 5) is 0. The van der Waals surface area contributed by atoms with Gasteiger partial charge in [0.2, 0.25) is 0 Å². The lowest BCUT2D eigenvalue weighted by Crippen LogP contribution is -2.07. The van der Waals surface area contributed by atoms with Gasteiger partial charge in [0.15, 0.2) is 0 Å². The van der Waals surface area contributed by atoms with Crippen molar-refractivity contribution < 1.29 is 0 Å². The SMILES string of the molecule is CC(=N)C(C1=CC(C)CC=C2CCC(c3ccccc3)=CC2=C1)=C(C)P. The molecule has 0 radical (unpaired) electrons. The Kier molecular flexibility index (Phi) is 5.89. The van der Waals surface area contributed by atoms with Crippen molar-refractivity contribution in [2.24, 2.45) is 5.92 Å². The van der Waals surface area contributed by atoms with Gasteiger partial charge in [-0.2, -0.15) is 0 Å². The van der Waals surface area contributed by atoms with Crippen molar-refractivity contribution in [3.8, 4) is 0 Å². The number of hydrogen-bond donors (Lipinski definition) is 1. The number of allylic oxidation sites excluding steroid dienone is 10. The van der Waals surface area contributed by atoms with E-state index < -0.39 is 0 Å². The van der Waals surface area contributed by atoms with E-state index in [9.17, 15) is 0 Å². The van der Waals surface area contributed by atoms with Gasteiger partial charge in [-0.3, -0.25) is 0 Å². The molecule has 1 aromatic rings. The molecule has 0 spiro atoms. The van der Waals surface area contributed by atoms with Gasteiger partial charge in [-0.05, 0) is 78.3 Å². The zero-order valence-corrected chi connectivity index (χ0v) is 17.1. The molecule has 0 saturated heterocycles. The fourth-order valence-electron chi connectivity index (χ4n) is 3.81. The monoisotopic (exact) mass is 361 g/mol. The van der Waals surface area contributed by atoms with Crippen molar-refractivity contribution in [3.63, 3.8) is 0 Å². The maximum absolute atomic E-state index is 8.25. The molecular weight excluding hydrogens is 333 g/mol. The van der Waals surface area contributed by atoms with E-state index in [4.69, 9.17) is 5.41 Å². The van der Waals surface area contributed by atoms with Gasteiger partial charge in [-0.25, -0.2) is 0 Å². The molecule has 0 saturated carbocycles. The molecule has 2 atom stereocenters. The standard InChI is InChI=1S/C24H28NP/c1-16-9-10-20-11-12-21(19-7-5-4-6-8-19)14-22(20)15-23(13-16)24(17(2)25)18(3)26/h4-8,10,13-16,25H,9,11-12,26H2,1-3H3. The summed E-state index contributed by atoms with van der Waals surface area (Å²) in [6.07, 6.45) is 12.6. The fraction of sp³-hybridized carbons (Fsp3) is 0.292. The fourth-order valence-corrected chi connectivity index (χ4v) is 4.20. The van der Waals surface area contributed by atoms with Gasteiger partial charge in [0.1, 0.15) is 0 Å². The molecule has 1 aromatic carbocycles. The summed E-state index contributed by atoms with van der Waals surface area (Å²) in [6, 6.07) is 10.7. The minimum absolute atomic E-state index is 0.480. The molecular formula is C24H28NP. The molecule has 0 amide bonds. The van der Waals surface area contributed by atoms with E-state index in [0.717, 1.165) is 30.1 Å². The lowest BCUT2D eigenvalue weighted by atomic mass is 9.82. The highest BCUT2D eigenvalue weighted by Crippen LogP contribution is 2.37. The molecule has 1 nitrogen and oxygen atoms in total. The highest BCUT2D eigenvalue weighted by molar-refractivity contribution is 7.22. The van der Waals surface area contributed by atoms with Crippen LogP contribution in [0.1, 0.15) is 45.6 Å². The number of fused-ring (bicyclic) bond motifs is 1. The van der Waals surface area contributed by atoms with Gasteiger partial charge in [0.25, 0.3) is 0 Å². The Hall–Kier alpha value is -1.98. The van der Waals surface area contributed by atoms with E-state index >= 15 is 0 Å². The Balaban J connectivity index is 2.11. The van der Waals surface area contributed by atoms with Crippen LogP contribution in [-0.4, -0.2) is 5.71 Å². The Labute approximate surface area is 160 Å². The maximum Gasteiger partial charge on any atom is 0.0364 e. The van der Waals surface area contributed by atoms with Crippen molar-refractivity contribution in [1.82, 2.24) is 0 Å². The third-order valence-electron chi connectivity index (χ3n) is 5.08. The summed E-state index contributed by atoms with van der Waals surface area (Å²) in [5.74, 6) is 0.480. The lowest BCUT2D eigenvalue weighted by molar-refractivity contribution is 0.731. The molecule has 0 aromatic heterocycles. The number of hydrogen-bond acceptors (Lipinski definition) is 1. The van der Waals surface area contributed by atoms with E-state index in [1.807, 2.05) is 6.92 Å². The van der Waals surface area contributed by atoms with Crippen molar-refractivity contribution in [2.75, 3.05) is 0 Å². The second-order valence-corrected chi connectivity index (χ2v) is 8.25. The maximum atomic E-state index is 8.25. The molecule has 0 bridgehead atoms. The predicted molar refractivity (Wildman–Crippen MR) is 117 cm³/mol. The highest BCUT2D eigenvalue weighted by atomic mass is 31.0. The van der Waals surface area contributed by atoms with E-state index in [-0.39, 0.29) is 0 Å². The molecule has 3 rings (SSSR count). The van der Waals surface area contributed by atoms with E-state index in [0.29, 0.717) is 11.6 Å². The minimum atomic E-state index is 0.480. The molecule has 2 aliphatic carbocycles. The summed E-state index contributed by atoms with van der Waals surface area (Å²) >= 11 is 0. The summed E-state index contributed by atoms with van der Waals surface area (Å²) < 4.78 is 0. The summed E-state index contributed by atoms with van der Waals surface area (Å²) in [5.41, 5.74) is 8.33. The first-order valence-corrected chi connectivity index (χ1v) is 9.94. The van der Waals surface area contributed by atoms with Gasteiger partial charge in [-0.1, -0.05) is 55.5 Å². The highest BCUT2D eigenvalue weighted by Gasteiger charge is 2.18. The Morgan fingerprint density at radius 1 is 1.04 bits per heavy atom. The summed E-state index contributed by atoms with van der Waals surface area (Å²) in [6.45, 7) is 6.22. The molecule has 134 valence electrons. The third-order valence-corrected chi connectivity index (χ3v) is 5.37. The van der Waals surface area contributed by atoms with Crippen LogP contribution in [0.3, 0.4) is 0 Å². The molecule has 0 heterocycles. The molecule has 2 heteroatoms. The van der Waals surface area contributed by atoms with E-state index in [1.165, 1.54) is 27.9 Å². The molecule has 0 fully saturated rings. The molecule has 2 aliphatic rings. The van der Waals surface area contributed by atoms with Crippen molar-refractivity contribution in [2.45, 2.75) is 40.0 Å². The van der Waals surface area contributed by atoms with Gasteiger partial charge >= 0.3 is 0 Å². The summed E-state index contributed by atoms with van der Waals surface area (Å²) in [7, 11) is 2.78. The number of benzene rings is 1. The Bertz CT molecular complexity index is 859. The van der Waals surface area contributed by atoms with E-state index in [2.05, 4.69) is 77.7 Å². The van der Waals surface area contributed by atoms with Crippen LogP contribution in [0.4, 0.5) is 0 Å². The largest absolute Gasteiger partial charge is 0.305 e. The molecule has 2 unspecified atom stereocenters. The molecule has 0 aliphatic heterocycles. The van der Waals surface area contributed by atoms with Gasteiger partial charge in [0.05, 0.1) is 0 Å². The van der Waals surface area contributed by atoms with Crippen LogP contribution in [0.25, 0.3) is 5.57 Å².